The van der Waals surface area contributed by atoms with Gasteiger partial charge in [0.05, 0.1) is 16.8 Å². The second-order valence-electron chi connectivity index (χ2n) is 5.06. The van der Waals surface area contributed by atoms with Crippen LogP contribution in [0.3, 0.4) is 0 Å². The number of nitrogens with zero attached hydrogens (tertiary/aromatic N) is 2. The highest BCUT2D eigenvalue weighted by Gasteiger charge is 2.43. The van der Waals surface area contributed by atoms with E-state index in [9.17, 15) is 5.11 Å². The molecule has 7 heteroatoms. The first kappa shape index (κ1) is 15.6. The van der Waals surface area contributed by atoms with Crippen molar-refractivity contribution in [2.45, 2.75) is 38.4 Å². The van der Waals surface area contributed by atoms with E-state index < -0.39 is 18.5 Å². The zero-order valence-corrected chi connectivity index (χ0v) is 11.2. The van der Waals surface area contributed by atoms with Gasteiger partial charge in [-0.2, -0.15) is 5.26 Å². The maximum absolute atomic E-state index is 10.1. The summed E-state index contributed by atoms with van der Waals surface area (Å²) in [6.45, 7) is 4.59. The average molecular weight is 264 g/mol. The zero-order valence-electron chi connectivity index (χ0n) is 11.2. The molecule has 0 aliphatic heterocycles. The number of rotatable bonds is 5. The van der Waals surface area contributed by atoms with Gasteiger partial charge in [0.15, 0.2) is 0 Å². The van der Waals surface area contributed by atoms with Crippen LogP contribution in [0.15, 0.2) is 18.3 Å². The molecule has 0 aliphatic rings. The van der Waals surface area contributed by atoms with Gasteiger partial charge in [0, 0.05) is 18.3 Å². The lowest BCUT2D eigenvalue weighted by molar-refractivity contribution is -0.120. The quantitative estimate of drug-likeness (QED) is 0.647. The van der Waals surface area contributed by atoms with Crippen molar-refractivity contribution in [3.8, 4) is 6.07 Å². The third-order valence-corrected chi connectivity index (χ3v) is 3.13. The third-order valence-electron chi connectivity index (χ3n) is 3.13. The Morgan fingerprint density at radius 1 is 1.37 bits per heavy atom. The fourth-order valence-electron chi connectivity index (χ4n) is 1.58. The summed E-state index contributed by atoms with van der Waals surface area (Å²) in [5.74, 6) is 0. The van der Waals surface area contributed by atoms with Gasteiger partial charge in [-0.25, -0.2) is 0 Å². The highest BCUT2D eigenvalue weighted by atomic mass is 16.6. The van der Waals surface area contributed by atoms with E-state index in [0.29, 0.717) is 11.3 Å². The van der Waals surface area contributed by atoms with Gasteiger partial charge in [0.2, 0.25) is 0 Å². The average Bonchev–Trinajstić information content (AvgIpc) is 2.27. The molecular formula is C12H17BN2O4. The van der Waals surface area contributed by atoms with Crippen molar-refractivity contribution in [2.75, 3.05) is 0 Å². The van der Waals surface area contributed by atoms with Crippen LogP contribution in [-0.2, 0) is 11.1 Å². The molecule has 3 N–H and O–H groups in total. The number of aliphatic hydroxyl groups is 1. The lowest BCUT2D eigenvalue weighted by Gasteiger charge is -2.40. The van der Waals surface area contributed by atoms with E-state index in [1.54, 1.807) is 19.1 Å². The fraction of sp³-hybridized carbons (Fsp3) is 0.500. The first-order chi connectivity index (χ1) is 8.68. The van der Waals surface area contributed by atoms with Crippen molar-refractivity contribution >= 4 is 7.32 Å². The molecule has 0 bridgehead atoms. The van der Waals surface area contributed by atoms with Gasteiger partial charge in [-0.1, -0.05) is 0 Å². The van der Waals surface area contributed by atoms with Crippen molar-refractivity contribution in [3.05, 3.63) is 29.6 Å². The number of nitriles is 1. The first-order valence-corrected chi connectivity index (χ1v) is 5.79. The van der Waals surface area contributed by atoms with E-state index in [0.717, 1.165) is 0 Å². The molecule has 1 rings (SSSR count). The number of aromatic nitrogens is 1. The number of hydrogen-bond acceptors (Lipinski definition) is 6. The lowest BCUT2D eigenvalue weighted by atomic mass is 9.82. The van der Waals surface area contributed by atoms with Crippen LogP contribution < -0.4 is 0 Å². The minimum Gasteiger partial charge on any atom is -0.402 e. The van der Waals surface area contributed by atoms with Crippen LogP contribution in [0.2, 0.25) is 0 Å². The van der Waals surface area contributed by atoms with Gasteiger partial charge in [-0.05, 0) is 32.9 Å². The van der Waals surface area contributed by atoms with E-state index in [2.05, 4.69) is 4.98 Å². The summed E-state index contributed by atoms with van der Waals surface area (Å²) in [4.78, 5) is 4.08. The van der Waals surface area contributed by atoms with Gasteiger partial charge in [0.1, 0.15) is 6.07 Å². The Bertz CT molecular complexity index is 464. The van der Waals surface area contributed by atoms with Crippen LogP contribution in [0.25, 0.3) is 0 Å². The predicted octanol–water partition coefficient (Wildman–Crippen LogP) is 0.0115. The standard InChI is InChI=1S/C12H17BN2O4/c1-11(2,16)12(3,19-13(17)18)6-10-5-4-9(7-14)8-15-10/h4-5,8,16-18H,6H2,1-3H3/t12-/m1/s1. The Kier molecular flexibility index (Phi) is 4.66. The normalized spacial score (nSPS) is 14.6. The molecule has 1 atom stereocenters. The predicted molar refractivity (Wildman–Crippen MR) is 68.6 cm³/mol. The molecule has 0 amide bonds. The topological polar surface area (TPSA) is 107 Å². The molecule has 0 spiro atoms. The Balaban J connectivity index is 2.97. The summed E-state index contributed by atoms with van der Waals surface area (Å²) in [5.41, 5.74) is -1.55. The van der Waals surface area contributed by atoms with E-state index >= 15 is 0 Å². The molecule has 1 aromatic rings. The summed E-state index contributed by atoms with van der Waals surface area (Å²) in [7, 11) is -1.99. The maximum Gasteiger partial charge on any atom is 0.634 e. The second kappa shape index (κ2) is 5.67. The van der Waals surface area contributed by atoms with E-state index in [1.165, 1.54) is 20.0 Å². The van der Waals surface area contributed by atoms with Crippen LogP contribution in [0.5, 0.6) is 0 Å². The van der Waals surface area contributed by atoms with Gasteiger partial charge in [-0.15, -0.1) is 0 Å². The first-order valence-electron chi connectivity index (χ1n) is 5.79. The van der Waals surface area contributed by atoms with Gasteiger partial charge in [0.25, 0.3) is 0 Å². The molecule has 1 heterocycles. The largest absolute Gasteiger partial charge is 0.634 e. The molecule has 0 aliphatic carbocycles. The lowest BCUT2D eigenvalue weighted by Crippen LogP contribution is -2.54. The van der Waals surface area contributed by atoms with E-state index in [-0.39, 0.29) is 6.42 Å². The summed E-state index contributed by atoms with van der Waals surface area (Å²) in [5, 5.41) is 36.7. The van der Waals surface area contributed by atoms with E-state index in [1.807, 2.05) is 6.07 Å². The molecule has 1 aromatic heterocycles. The Hall–Kier alpha value is -1.46. The smallest absolute Gasteiger partial charge is 0.402 e. The minimum atomic E-state index is -1.99. The number of hydrogen-bond donors (Lipinski definition) is 3. The molecule has 19 heavy (non-hydrogen) atoms. The third kappa shape index (κ3) is 4.01. The molecule has 102 valence electrons. The van der Waals surface area contributed by atoms with Gasteiger partial charge < -0.3 is 19.8 Å². The zero-order chi connectivity index (χ0) is 14.7. The molecule has 0 saturated heterocycles. The van der Waals surface area contributed by atoms with Gasteiger partial charge in [-0.3, -0.25) is 4.98 Å². The summed E-state index contributed by atoms with van der Waals surface area (Å²) < 4.78 is 5.02. The van der Waals surface area contributed by atoms with Crippen LogP contribution in [0.4, 0.5) is 0 Å². The Morgan fingerprint density at radius 3 is 2.37 bits per heavy atom. The highest BCUT2D eigenvalue weighted by molar-refractivity contribution is 6.32. The minimum absolute atomic E-state index is 0.166. The van der Waals surface area contributed by atoms with Crippen LogP contribution in [0, 0.1) is 11.3 Å². The van der Waals surface area contributed by atoms with Crippen molar-refractivity contribution < 1.29 is 19.8 Å². The molecule has 0 radical (unpaired) electrons. The Labute approximate surface area is 112 Å². The molecule has 0 aromatic carbocycles. The van der Waals surface area contributed by atoms with Gasteiger partial charge >= 0.3 is 7.32 Å². The summed E-state index contributed by atoms with van der Waals surface area (Å²) in [6.07, 6.45) is 1.58. The fourth-order valence-corrected chi connectivity index (χ4v) is 1.58. The van der Waals surface area contributed by atoms with Crippen LogP contribution in [-0.4, -0.2) is 38.7 Å². The molecule has 0 fully saturated rings. The molecule has 0 unspecified atom stereocenters. The van der Waals surface area contributed by atoms with Crippen molar-refractivity contribution in [2.24, 2.45) is 0 Å². The molecule has 6 nitrogen and oxygen atoms in total. The monoisotopic (exact) mass is 264 g/mol. The van der Waals surface area contributed by atoms with Crippen molar-refractivity contribution in [3.63, 3.8) is 0 Å². The van der Waals surface area contributed by atoms with Crippen LogP contribution >= 0.6 is 0 Å². The Morgan fingerprint density at radius 2 is 2.00 bits per heavy atom. The number of pyridine rings is 1. The maximum atomic E-state index is 10.1. The van der Waals surface area contributed by atoms with E-state index in [4.69, 9.17) is 20.0 Å². The highest BCUT2D eigenvalue weighted by Crippen LogP contribution is 2.29. The summed E-state index contributed by atoms with van der Waals surface area (Å²) >= 11 is 0. The SMILES string of the molecule is CC(C)(O)[C@@](C)(Cc1ccc(C#N)cn1)OB(O)O. The molecular weight excluding hydrogens is 247 g/mol. The van der Waals surface area contributed by atoms with Crippen molar-refractivity contribution in [1.82, 2.24) is 4.98 Å². The molecule has 0 saturated carbocycles. The second-order valence-corrected chi connectivity index (χ2v) is 5.06. The van der Waals surface area contributed by atoms with Crippen molar-refractivity contribution in [1.29, 1.82) is 5.26 Å². The van der Waals surface area contributed by atoms with Crippen LogP contribution in [0.1, 0.15) is 32.0 Å². The summed E-state index contributed by atoms with van der Waals surface area (Å²) in [6, 6.07) is 5.19.